The van der Waals surface area contributed by atoms with Gasteiger partial charge in [0, 0.05) is 24.1 Å². The average molecular weight is 276 g/mol. The van der Waals surface area contributed by atoms with Gasteiger partial charge in [0.2, 0.25) is 0 Å². The third-order valence-corrected chi connectivity index (χ3v) is 3.67. The topological polar surface area (TPSA) is 49.8 Å². The van der Waals surface area contributed by atoms with Gasteiger partial charge in [-0.25, -0.2) is 9.97 Å². The minimum atomic E-state index is -0.0335. The smallest absolute Gasteiger partial charge is 0.138 e. The number of hydrogen-bond acceptors (Lipinski definition) is 4. The summed E-state index contributed by atoms with van der Waals surface area (Å²) >= 11 is 0. The van der Waals surface area contributed by atoms with Crippen LogP contribution in [-0.2, 0) is 5.41 Å². The van der Waals surface area contributed by atoms with Gasteiger partial charge in [-0.3, -0.25) is 0 Å². The highest BCUT2D eigenvalue weighted by atomic mass is 15.1. The molecule has 1 fully saturated rings. The number of anilines is 2. The highest BCUT2D eigenvalue weighted by Gasteiger charge is 2.36. The Morgan fingerprint density at radius 2 is 1.90 bits per heavy atom. The zero-order valence-electron chi connectivity index (χ0n) is 13.5. The molecule has 0 aromatic carbocycles. The Hall–Kier alpha value is -1.32. The maximum Gasteiger partial charge on any atom is 0.138 e. The first-order valence-electron chi connectivity index (χ1n) is 7.84. The Labute approximate surface area is 122 Å². The van der Waals surface area contributed by atoms with Crippen LogP contribution in [0.25, 0.3) is 0 Å². The molecule has 1 aliphatic carbocycles. The predicted molar refractivity (Wildman–Crippen MR) is 85.3 cm³/mol. The minimum Gasteiger partial charge on any atom is -0.370 e. The van der Waals surface area contributed by atoms with E-state index in [1.54, 1.807) is 0 Å². The molecule has 2 atom stereocenters. The summed E-state index contributed by atoms with van der Waals surface area (Å²) in [7, 11) is 0. The quantitative estimate of drug-likeness (QED) is 0.829. The average Bonchev–Trinajstić information content (AvgIpc) is 3.06. The number of hydrogen-bond donors (Lipinski definition) is 2. The normalized spacial score (nSPS) is 21.6. The van der Waals surface area contributed by atoms with E-state index < -0.39 is 0 Å². The number of nitrogens with one attached hydrogen (secondary N) is 2. The monoisotopic (exact) mass is 276 g/mol. The fourth-order valence-electron chi connectivity index (χ4n) is 2.43. The molecule has 0 spiro atoms. The summed E-state index contributed by atoms with van der Waals surface area (Å²) in [4.78, 5) is 9.31. The summed E-state index contributed by atoms with van der Waals surface area (Å²) < 4.78 is 0. The van der Waals surface area contributed by atoms with Crippen molar-refractivity contribution in [2.75, 3.05) is 17.2 Å². The Kier molecular flexibility index (Phi) is 4.51. The maximum absolute atomic E-state index is 4.70. The van der Waals surface area contributed by atoms with E-state index in [1.165, 1.54) is 19.3 Å². The predicted octanol–water partition coefficient (Wildman–Crippen LogP) is 3.81. The number of aromatic nitrogens is 2. The molecule has 1 saturated carbocycles. The van der Waals surface area contributed by atoms with Crippen molar-refractivity contribution in [3.8, 4) is 0 Å². The lowest BCUT2D eigenvalue weighted by Crippen LogP contribution is -2.19. The molecule has 1 aliphatic rings. The molecule has 0 amide bonds. The lowest BCUT2D eigenvalue weighted by molar-refractivity contribution is 0.546. The number of nitrogens with zero attached hydrogens (tertiary/aromatic N) is 2. The second-order valence-electron chi connectivity index (χ2n) is 6.78. The van der Waals surface area contributed by atoms with Gasteiger partial charge in [0.1, 0.15) is 17.5 Å². The molecule has 0 radical (unpaired) electrons. The van der Waals surface area contributed by atoms with E-state index >= 15 is 0 Å². The first-order valence-corrected chi connectivity index (χ1v) is 7.84. The highest BCUT2D eigenvalue weighted by Crippen LogP contribution is 2.37. The standard InChI is InChI=1S/C16H28N4/c1-6-8-11-9-12(11)18-14-10-13(17-7-2)19-15(20-14)16(3,4)5/h10-12H,6-9H2,1-5H3,(H2,17,18,19,20). The van der Waals surface area contributed by atoms with Gasteiger partial charge in [-0.15, -0.1) is 0 Å². The fraction of sp³-hybridized carbons (Fsp3) is 0.750. The molecule has 0 aliphatic heterocycles. The Balaban J connectivity index is 2.13. The van der Waals surface area contributed by atoms with Gasteiger partial charge in [0.25, 0.3) is 0 Å². The van der Waals surface area contributed by atoms with Crippen molar-refractivity contribution >= 4 is 11.6 Å². The van der Waals surface area contributed by atoms with Crippen LogP contribution in [0.5, 0.6) is 0 Å². The molecule has 1 aromatic heterocycles. The van der Waals surface area contributed by atoms with Gasteiger partial charge >= 0.3 is 0 Å². The molecular formula is C16H28N4. The molecule has 0 saturated heterocycles. The van der Waals surface area contributed by atoms with E-state index in [1.807, 2.05) is 6.07 Å². The Morgan fingerprint density at radius 1 is 1.20 bits per heavy atom. The van der Waals surface area contributed by atoms with Crippen molar-refractivity contribution in [2.45, 2.75) is 65.3 Å². The van der Waals surface area contributed by atoms with Crippen LogP contribution in [0.4, 0.5) is 11.6 Å². The molecule has 1 heterocycles. The van der Waals surface area contributed by atoms with Crippen molar-refractivity contribution < 1.29 is 0 Å². The largest absolute Gasteiger partial charge is 0.370 e. The van der Waals surface area contributed by atoms with Crippen LogP contribution in [0.2, 0.25) is 0 Å². The van der Waals surface area contributed by atoms with E-state index in [0.717, 1.165) is 29.9 Å². The summed E-state index contributed by atoms with van der Waals surface area (Å²) in [5, 5.41) is 6.87. The summed E-state index contributed by atoms with van der Waals surface area (Å²) in [6.07, 6.45) is 3.86. The molecule has 2 rings (SSSR count). The minimum absolute atomic E-state index is 0.0335. The highest BCUT2D eigenvalue weighted by molar-refractivity contribution is 5.49. The third-order valence-electron chi connectivity index (χ3n) is 3.67. The van der Waals surface area contributed by atoms with Gasteiger partial charge in [0.05, 0.1) is 0 Å². The van der Waals surface area contributed by atoms with Crippen molar-refractivity contribution in [1.82, 2.24) is 9.97 Å². The molecule has 4 nitrogen and oxygen atoms in total. The molecule has 0 bridgehead atoms. The van der Waals surface area contributed by atoms with E-state index in [9.17, 15) is 0 Å². The molecule has 2 N–H and O–H groups in total. The summed E-state index contributed by atoms with van der Waals surface area (Å²) in [6, 6.07) is 2.63. The maximum atomic E-state index is 4.70. The molecule has 20 heavy (non-hydrogen) atoms. The van der Waals surface area contributed by atoms with Crippen LogP contribution in [0.1, 0.15) is 59.7 Å². The molecule has 112 valence electrons. The van der Waals surface area contributed by atoms with Crippen LogP contribution in [0.3, 0.4) is 0 Å². The van der Waals surface area contributed by atoms with Crippen molar-refractivity contribution in [3.63, 3.8) is 0 Å². The van der Waals surface area contributed by atoms with Crippen LogP contribution in [0, 0.1) is 5.92 Å². The SMILES string of the molecule is CCCC1CC1Nc1cc(NCC)nc(C(C)(C)C)n1. The number of rotatable bonds is 6. The molecular weight excluding hydrogens is 248 g/mol. The third kappa shape index (κ3) is 3.84. The zero-order valence-corrected chi connectivity index (χ0v) is 13.5. The summed E-state index contributed by atoms with van der Waals surface area (Å²) in [5.74, 6) is 3.61. The molecule has 2 unspecified atom stereocenters. The summed E-state index contributed by atoms with van der Waals surface area (Å²) in [6.45, 7) is 11.7. The Morgan fingerprint density at radius 3 is 2.50 bits per heavy atom. The fourth-order valence-corrected chi connectivity index (χ4v) is 2.43. The van der Waals surface area contributed by atoms with Gasteiger partial charge in [0.15, 0.2) is 0 Å². The van der Waals surface area contributed by atoms with Gasteiger partial charge in [-0.05, 0) is 25.7 Å². The van der Waals surface area contributed by atoms with Crippen molar-refractivity contribution in [1.29, 1.82) is 0 Å². The van der Waals surface area contributed by atoms with Crippen LogP contribution in [-0.4, -0.2) is 22.6 Å². The first kappa shape index (κ1) is 15.1. The van der Waals surface area contributed by atoms with Crippen LogP contribution in [0.15, 0.2) is 6.07 Å². The lowest BCUT2D eigenvalue weighted by atomic mass is 9.96. The van der Waals surface area contributed by atoms with Gasteiger partial charge in [-0.1, -0.05) is 34.1 Å². The second-order valence-corrected chi connectivity index (χ2v) is 6.78. The lowest BCUT2D eigenvalue weighted by Gasteiger charge is -2.19. The molecule has 1 aromatic rings. The second kappa shape index (κ2) is 5.98. The zero-order chi connectivity index (χ0) is 14.8. The van der Waals surface area contributed by atoms with Crippen molar-refractivity contribution in [2.24, 2.45) is 5.92 Å². The molecule has 4 heteroatoms. The van der Waals surface area contributed by atoms with Gasteiger partial charge in [-0.2, -0.15) is 0 Å². The first-order chi connectivity index (χ1) is 9.44. The van der Waals surface area contributed by atoms with E-state index in [4.69, 9.17) is 4.98 Å². The van der Waals surface area contributed by atoms with E-state index in [-0.39, 0.29) is 5.41 Å². The van der Waals surface area contributed by atoms with Gasteiger partial charge < -0.3 is 10.6 Å². The van der Waals surface area contributed by atoms with E-state index in [0.29, 0.717) is 6.04 Å². The Bertz CT molecular complexity index is 450. The summed E-state index contributed by atoms with van der Waals surface area (Å²) in [5.41, 5.74) is -0.0335. The van der Waals surface area contributed by atoms with Crippen LogP contribution >= 0.6 is 0 Å². The van der Waals surface area contributed by atoms with Crippen molar-refractivity contribution in [3.05, 3.63) is 11.9 Å². The van der Waals surface area contributed by atoms with Crippen LogP contribution < -0.4 is 10.6 Å². The van der Waals surface area contributed by atoms with E-state index in [2.05, 4.69) is 50.2 Å².